The third-order valence-electron chi connectivity index (χ3n) is 4.27. The Hall–Kier alpha value is 0.430. The fraction of sp³-hybridized carbons (Fsp3) is 0.833. The normalized spacial score (nSPS) is 44.2. The fourth-order valence-corrected chi connectivity index (χ4v) is 4.45. The van der Waals surface area contributed by atoms with Crippen LogP contribution in [0.4, 0.5) is 0 Å². The minimum absolute atomic E-state index is 0.668. The van der Waals surface area contributed by atoms with Crippen LogP contribution in [0, 0.1) is 17.3 Å². The summed E-state index contributed by atoms with van der Waals surface area (Å²) < 4.78 is 1.11. The Morgan fingerprint density at radius 2 is 2.43 bits per heavy atom. The van der Waals surface area contributed by atoms with E-state index in [0.29, 0.717) is 5.41 Å². The Balaban J connectivity index is 1.80. The zero-order chi connectivity index (χ0) is 9.60. The van der Waals surface area contributed by atoms with Crippen LogP contribution in [0.5, 0.6) is 0 Å². The molecule has 4 aliphatic rings. The summed E-state index contributed by atoms with van der Waals surface area (Å²) >= 11 is 2.42. The van der Waals surface area contributed by atoms with Gasteiger partial charge in [-0.3, -0.25) is 0 Å². The molecular formula is C12H18IN. The Bertz CT molecular complexity index is 273. The Morgan fingerprint density at radius 3 is 3.14 bits per heavy atom. The first-order valence-electron chi connectivity index (χ1n) is 5.76. The van der Waals surface area contributed by atoms with Crippen LogP contribution < -0.4 is 5.32 Å². The van der Waals surface area contributed by atoms with E-state index >= 15 is 0 Å². The van der Waals surface area contributed by atoms with Crippen molar-refractivity contribution in [3.8, 4) is 0 Å². The van der Waals surface area contributed by atoms with Crippen LogP contribution in [0.15, 0.2) is 11.6 Å². The molecule has 0 spiro atoms. The lowest BCUT2D eigenvalue weighted by molar-refractivity contribution is 0.0644. The predicted octanol–water partition coefficient (Wildman–Crippen LogP) is 3.11. The van der Waals surface area contributed by atoms with Gasteiger partial charge in [0, 0.05) is 11.1 Å². The molecule has 0 heterocycles. The van der Waals surface area contributed by atoms with Crippen LogP contribution in [0.25, 0.3) is 0 Å². The van der Waals surface area contributed by atoms with Crippen LogP contribution in [0.2, 0.25) is 0 Å². The molecule has 3 atom stereocenters. The standard InChI is InChI=1S/C12H18IN/c13-8-14-7-12-4-9-1-10(5-12)3-11(2-9)6-12/h1,9,11,14H,2-8H2. The van der Waals surface area contributed by atoms with Crippen LogP contribution in [0.1, 0.15) is 32.1 Å². The molecule has 4 bridgehead atoms. The van der Waals surface area contributed by atoms with Gasteiger partial charge in [-0.15, -0.1) is 0 Å². The van der Waals surface area contributed by atoms with Gasteiger partial charge in [-0.05, 0) is 49.4 Å². The van der Waals surface area contributed by atoms with E-state index in [2.05, 4.69) is 34.0 Å². The van der Waals surface area contributed by atoms with Gasteiger partial charge in [0.25, 0.3) is 0 Å². The van der Waals surface area contributed by atoms with E-state index in [4.69, 9.17) is 0 Å². The van der Waals surface area contributed by atoms with Crippen molar-refractivity contribution in [2.45, 2.75) is 32.1 Å². The molecule has 3 unspecified atom stereocenters. The molecular weight excluding hydrogens is 285 g/mol. The Kier molecular flexibility index (Phi) is 2.39. The second kappa shape index (κ2) is 3.48. The van der Waals surface area contributed by atoms with Crippen molar-refractivity contribution in [2.75, 3.05) is 11.1 Å². The number of hydrogen-bond acceptors (Lipinski definition) is 1. The number of hydrogen-bond donors (Lipinski definition) is 1. The molecule has 0 amide bonds. The van der Waals surface area contributed by atoms with Crippen molar-refractivity contribution in [1.29, 1.82) is 0 Å². The quantitative estimate of drug-likeness (QED) is 0.366. The molecule has 2 saturated carbocycles. The molecule has 78 valence electrons. The highest BCUT2D eigenvalue weighted by atomic mass is 127. The maximum absolute atomic E-state index is 3.56. The molecule has 1 N–H and O–H groups in total. The van der Waals surface area contributed by atoms with E-state index in [1.807, 2.05) is 0 Å². The smallest absolute Gasteiger partial charge is 0.0480 e. The van der Waals surface area contributed by atoms with E-state index in [1.165, 1.54) is 38.6 Å². The second-order valence-electron chi connectivity index (χ2n) is 5.54. The lowest BCUT2D eigenvalue weighted by Crippen LogP contribution is -2.46. The molecule has 0 aromatic rings. The topological polar surface area (TPSA) is 12.0 Å². The second-order valence-corrected chi connectivity index (χ2v) is 6.30. The Labute approximate surface area is 99.9 Å². The van der Waals surface area contributed by atoms with E-state index in [0.717, 1.165) is 16.4 Å². The molecule has 0 aromatic heterocycles. The van der Waals surface area contributed by atoms with Crippen LogP contribution in [0.3, 0.4) is 0 Å². The van der Waals surface area contributed by atoms with Gasteiger partial charge < -0.3 is 5.32 Å². The van der Waals surface area contributed by atoms with Crippen molar-refractivity contribution in [3.63, 3.8) is 0 Å². The third-order valence-corrected chi connectivity index (χ3v) is 4.81. The summed E-state index contributed by atoms with van der Waals surface area (Å²) in [5, 5.41) is 3.56. The van der Waals surface area contributed by atoms with Gasteiger partial charge in [-0.25, -0.2) is 0 Å². The minimum atomic E-state index is 0.668. The van der Waals surface area contributed by atoms with E-state index in [-0.39, 0.29) is 0 Å². The summed E-state index contributed by atoms with van der Waals surface area (Å²) in [7, 11) is 0. The molecule has 0 radical (unpaired) electrons. The maximum Gasteiger partial charge on any atom is 0.0480 e. The average Bonchev–Trinajstić information content (AvgIpc) is 2.12. The maximum atomic E-state index is 3.56. The molecule has 4 rings (SSSR count). The zero-order valence-corrected chi connectivity index (χ0v) is 10.7. The zero-order valence-electron chi connectivity index (χ0n) is 8.56. The first-order chi connectivity index (χ1) is 6.80. The third kappa shape index (κ3) is 1.54. The van der Waals surface area contributed by atoms with Crippen molar-refractivity contribution in [3.05, 3.63) is 11.6 Å². The lowest BCUT2D eigenvalue weighted by Gasteiger charge is -2.52. The number of halogens is 1. The van der Waals surface area contributed by atoms with Gasteiger partial charge in [0.1, 0.15) is 0 Å². The van der Waals surface area contributed by atoms with Gasteiger partial charge in [0.2, 0.25) is 0 Å². The van der Waals surface area contributed by atoms with Crippen LogP contribution in [-0.2, 0) is 0 Å². The van der Waals surface area contributed by atoms with Gasteiger partial charge in [0.05, 0.1) is 0 Å². The molecule has 0 aliphatic heterocycles. The summed E-state index contributed by atoms with van der Waals surface area (Å²) in [5.74, 6) is 1.99. The summed E-state index contributed by atoms with van der Waals surface area (Å²) in [6, 6.07) is 0. The van der Waals surface area contributed by atoms with E-state index in [9.17, 15) is 0 Å². The van der Waals surface area contributed by atoms with Crippen LogP contribution in [-0.4, -0.2) is 11.1 Å². The number of allylic oxidation sites excluding steroid dienone is 2. The fourth-order valence-electron chi connectivity index (χ4n) is 4.18. The molecule has 1 nitrogen and oxygen atoms in total. The van der Waals surface area contributed by atoms with Gasteiger partial charge in [-0.1, -0.05) is 34.2 Å². The number of nitrogens with one attached hydrogen (secondary N) is 1. The monoisotopic (exact) mass is 303 g/mol. The predicted molar refractivity (Wildman–Crippen MR) is 67.5 cm³/mol. The van der Waals surface area contributed by atoms with E-state index < -0.39 is 0 Å². The largest absolute Gasteiger partial charge is 0.307 e. The summed E-state index contributed by atoms with van der Waals surface area (Å²) in [4.78, 5) is 0. The SMILES string of the molecule is ICNCC12CC3=CC(CC(C3)C1)C2. The van der Waals surface area contributed by atoms with Crippen molar-refractivity contribution >= 4 is 22.6 Å². The summed E-state index contributed by atoms with van der Waals surface area (Å²) in [5.41, 5.74) is 2.46. The molecule has 4 aliphatic carbocycles. The number of alkyl halides is 1. The molecule has 14 heavy (non-hydrogen) atoms. The van der Waals surface area contributed by atoms with Gasteiger partial charge >= 0.3 is 0 Å². The highest BCUT2D eigenvalue weighted by molar-refractivity contribution is 14.1. The summed E-state index contributed by atoms with van der Waals surface area (Å²) in [6.07, 6.45) is 9.90. The molecule has 0 aromatic carbocycles. The molecule has 2 heteroatoms. The van der Waals surface area contributed by atoms with Crippen molar-refractivity contribution in [1.82, 2.24) is 5.32 Å². The average molecular weight is 303 g/mol. The lowest BCUT2D eigenvalue weighted by atomic mass is 9.53. The first-order valence-corrected chi connectivity index (χ1v) is 7.28. The number of rotatable bonds is 3. The minimum Gasteiger partial charge on any atom is -0.307 e. The van der Waals surface area contributed by atoms with Crippen molar-refractivity contribution < 1.29 is 0 Å². The molecule has 2 fully saturated rings. The van der Waals surface area contributed by atoms with Gasteiger partial charge in [0.15, 0.2) is 0 Å². The highest BCUT2D eigenvalue weighted by Crippen LogP contribution is 2.56. The molecule has 0 saturated heterocycles. The Morgan fingerprint density at radius 1 is 1.50 bits per heavy atom. The van der Waals surface area contributed by atoms with E-state index in [1.54, 1.807) is 5.57 Å². The first kappa shape index (κ1) is 9.64. The highest BCUT2D eigenvalue weighted by Gasteiger charge is 2.46. The van der Waals surface area contributed by atoms with Gasteiger partial charge in [-0.2, -0.15) is 0 Å². The summed E-state index contributed by atoms with van der Waals surface area (Å²) in [6.45, 7) is 1.26. The van der Waals surface area contributed by atoms with Crippen molar-refractivity contribution in [2.24, 2.45) is 17.3 Å². The van der Waals surface area contributed by atoms with Crippen LogP contribution >= 0.6 is 22.6 Å².